The van der Waals surface area contributed by atoms with Gasteiger partial charge >= 0.3 is 6.18 Å². The first-order valence-electron chi connectivity index (χ1n) is 7.51. The van der Waals surface area contributed by atoms with E-state index in [4.69, 9.17) is 15.7 Å². The van der Waals surface area contributed by atoms with Gasteiger partial charge in [0.2, 0.25) is 0 Å². The van der Waals surface area contributed by atoms with E-state index in [2.05, 4.69) is 5.32 Å². The lowest BCUT2D eigenvalue weighted by atomic mass is 9.85. The van der Waals surface area contributed by atoms with Crippen molar-refractivity contribution in [3.8, 4) is 5.75 Å². The molecule has 134 valence electrons. The van der Waals surface area contributed by atoms with Gasteiger partial charge < -0.3 is 15.8 Å². The lowest BCUT2D eigenvalue weighted by molar-refractivity contribution is -0.182. The number of carbonyl (C=O) groups excluding carboxylic acids is 1. The summed E-state index contributed by atoms with van der Waals surface area (Å²) < 4.78 is 43.1. The molecule has 5 N–H and O–H groups in total. The molecule has 0 atom stereocenters. The van der Waals surface area contributed by atoms with E-state index in [0.29, 0.717) is 0 Å². The molecule has 1 aromatic carbocycles. The van der Waals surface area contributed by atoms with Crippen LogP contribution in [0.4, 0.5) is 24.5 Å². The molecule has 24 heavy (non-hydrogen) atoms. The first-order chi connectivity index (χ1) is 11.3. The second-order valence-corrected chi connectivity index (χ2v) is 5.82. The number of hydrogen-bond acceptors (Lipinski definition) is 5. The van der Waals surface area contributed by atoms with Crippen molar-refractivity contribution in [2.24, 2.45) is 5.92 Å². The molecule has 0 unspecified atom stereocenters. The van der Waals surface area contributed by atoms with Crippen LogP contribution in [0.2, 0.25) is 0 Å². The van der Waals surface area contributed by atoms with Gasteiger partial charge in [0.05, 0.1) is 30.0 Å². The van der Waals surface area contributed by atoms with Crippen molar-refractivity contribution in [3.63, 3.8) is 0 Å². The Bertz CT molecular complexity index is 600. The molecule has 0 heterocycles. The molecule has 6 nitrogen and oxygen atoms in total. The van der Waals surface area contributed by atoms with Crippen molar-refractivity contribution >= 4 is 17.3 Å². The summed E-state index contributed by atoms with van der Waals surface area (Å²) in [6, 6.07) is 2.38. The summed E-state index contributed by atoms with van der Waals surface area (Å²) in [6.45, 7) is 0. The molecular formula is C15H20F3N3O3. The fourth-order valence-electron chi connectivity index (χ4n) is 2.87. The highest BCUT2D eigenvalue weighted by atomic mass is 19.4. The molecule has 1 amide bonds. The van der Waals surface area contributed by atoms with Crippen molar-refractivity contribution in [1.82, 2.24) is 5.32 Å². The smallest absolute Gasteiger partial charge is 0.391 e. The van der Waals surface area contributed by atoms with Gasteiger partial charge in [-0.25, -0.2) is 0 Å². The number of amides is 1. The van der Waals surface area contributed by atoms with Crippen LogP contribution < -0.4 is 21.3 Å². The van der Waals surface area contributed by atoms with Crippen molar-refractivity contribution in [1.29, 1.82) is 0 Å². The van der Waals surface area contributed by atoms with E-state index < -0.39 is 18.0 Å². The number of methoxy groups -OCH3 is 1. The molecule has 1 aliphatic carbocycles. The fourth-order valence-corrected chi connectivity index (χ4v) is 2.87. The van der Waals surface area contributed by atoms with Gasteiger partial charge in [-0.15, -0.1) is 0 Å². The predicted molar refractivity (Wildman–Crippen MR) is 82.1 cm³/mol. The largest absolute Gasteiger partial charge is 0.496 e. The topological polar surface area (TPSA) is 96.6 Å². The van der Waals surface area contributed by atoms with E-state index in [0.717, 1.165) is 0 Å². The van der Waals surface area contributed by atoms with Gasteiger partial charge in [0.25, 0.3) is 5.91 Å². The van der Waals surface area contributed by atoms with Crippen LogP contribution in [0.1, 0.15) is 36.0 Å². The van der Waals surface area contributed by atoms with Gasteiger partial charge in [-0.3, -0.25) is 15.5 Å². The molecule has 0 bridgehead atoms. The minimum atomic E-state index is -4.18. The van der Waals surface area contributed by atoms with E-state index in [1.165, 1.54) is 19.2 Å². The maximum atomic E-state index is 12.7. The standard InChI is InChI=1S/C15H20F3N3O3/c1-24-13-7-11(19)12(21-23)6-10(13)14(22)20-9-4-2-8(3-5-9)15(16,17)18/h6-9,21,23H,2-5,19H2,1H3,(H,20,22). The molecule has 9 heteroatoms. The van der Waals surface area contributed by atoms with Crippen LogP contribution in [-0.2, 0) is 0 Å². The van der Waals surface area contributed by atoms with Gasteiger partial charge in [0.1, 0.15) is 5.75 Å². The zero-order valence-corrected chi connectivity index (χ0v) is 13.1. The maximum Gasteiger partial charge on any atom is 0.391 e. The molecule has 0 spiro atoms. The molecule has 0 saturated heterocycles. The van der Waals surface area contributed by atoms with Crippen molar-refractivity contribution < 1.29 is 27.9 Å². The second kappa shape index (κ2) is 7.16. The van der Waals surface area contributed by atoms with Crippen molar-refractivity contribution in [2.75, 3.05) is 18.3 Å². The third-order valence-corrected chi connectivity index (χ3v) is 4.26. The quantitative estimate of drug-likeness (QED) is 0.496. The number of nitrogens with one attached hydrogen (secondary N) is 2. The fraction of sp³-hybridized carbons (Fsp3) is 0.533. The number of anilines is 2. The first-order valence-corrected chi connectivity index (χ1v) is 7.51. The number of rotatable bonds is 4. The molecule has 1 aliphatic rings. The summed E-state index contributed by atoms with van der Waals surface area (Å²) in [7, 11) is 1.37. The number of nitrogen functional groups attached to an aromatic ring is 1. The van der Waals surface area contributed by atoms with Crippen LogP contribution in [0.25, 0.3) is 0 Å². The van der Waals surface area contributed by atoms with E-state index in [9.17, 15) is 18.0 Å². The molecule has 0 radical (unpaired) electrons. The van der Waals surface area contributed by atoms with Crippen LogP contribution in [0, 0.1) is 5.92 Å². The summed E-state index contributed by atoms with van der Waals surface area (Å²) in [5.74, 6) is -1.58. The summed E-state index contributed by atoms with van der Waals surface area (Å²) in [6.07, 6.45) is -3.67. The minimum Gasteiger partial charge on any atom is -0.496 e. The Morgan fingerprint density at radius 1 is 1.29 bits per heavy atom. The predicted octanol–water partition coefficient (Wildman–Crippen LogP) is 2.93. The molecule has 0 aromatic heterocycles. The Balaban J connectivity index is 2.06. The summed E-state index contributed by atoms with van der Waals surface area (Å²) >= 11 is 0. The molecule has 1 fully saturated rings. The molecule has 1 saturated carbocycles. The van der Waals surface area contributed by atoms with Gasteiger partial charge in [-0.1, -0.05) is 0 Å². The summed E-state index contributed by atoms with van der Waals surface area (Å²) in [4.78, 5) is 12.4. The summed E-state index contributed by atoms with van der Waals surface area (Å²) in [5.41, 5.74) is 8.03. The molecule has 1 aromatic rings. The maximum absolute atomic E-state index is 12.7. The highest BCUT2D eigenvalue weighted by Crippen LogP contribution is 2.37. The number of nitrogens with two attached hydrogens (primary N) is 1. The molecular weight excluding hydrogens is 327 g/mol. The van der Waals surface area contributed by atoms with Gasteiger partial charge in [0, 0.05) is 12.1 Å². The number of halogens is 3. The lowest BCUT2D eigenvalue weighted by Gasteiger charge is -2.30. The van der Waals surface area contributed by atoms with Crippen LogP contribution >= 0.6 is 0 Å². The van der Waals surface area contributed by atoms with Crippen LogP contribution in [-0.4, -0.2) is 30.4 Å². The Kier molecular flexibility index (Phi) is 5.43. The normalized spacial score (nSPS) is 21.2. The van der Waals surface area contributed by atoms with E-state index in [-0.39, 0.29) is 54.4 Å². The lowest BCUT2D eigenvalue weighted by Crippen LogP contribution is -2.40. The Hall–Kier alpha value is -2.16. The van der Waals surface area contributed by atoms with Gasteiger partial charge in [-0.05, 0) is 31.7 Å². The zero-order valence-electron chi connectivity index (χ0n) is 13.1. The summed E-state index contributed by atoms with van der Waals surface area (Å²) in [5, 5.41) is 11.7. The number of benzene rings is 1. The number of alkyl halides is 3. The number of ether oxygens (including phenoxy) is 1. The van der Waals surface area contributed by atoms with E-state index in [1.807, 2.05) is 5.48 Å². The third-order valence-electron chi connectivity index (χ3n) is 4.26. The van der Waals surface area contributed by atoms with Crippen molar-refractivity contribution in [3.05, 3.63) is 17.7 Å². The molecule has 0 aliphatic heterocycles. The van der Waals surface area contributed by atoms with Crippen LogP contribution in [0.3, 0.4) is 0 Å². The third kappa shape index (κ3) is 4.02. The van der Waals surface area contributed by atoms with Gasteiger partial charge in [0.15, 0.2) is 0 Å². The monoisotopic (exact) mass is 347 g/mol. The Morgan fingerprint density at radius 3 is 2.42 bits per heavy atom. The highest BCUT2D eigenvalue weighted by Gasteiger charge is 2.41. The van der Waals surface area contributed by atoms with Gasteiger partial charge in [-0.2, -0.15) is 13.2 Å². The average molecular weight is 347 g/mol. The second-order valence-electron chi connectivity index (χ2n) is 5.82. The highest BCUT2D eigenvalue weighted by molar-refractivity contribution is 5.99. The molecule has 2 rings (SSSR count). The number of carbonyl (C=O) groups is 1. The van der Waals surface area contributed by atoms with Crippen LogP contribution in [0.15, 0.2) is 12.1 Å². The SMILES string of the molecule is COc1cc(N)c(NO)cc1C(=O)NC1CCC(C(F)(F)F)CC1. The Labute approximate surface area is 137 Å². The Morgan fingerprint density at radius 2 is 1.92 bits per heavy atom. The average Bonchev–Trinajstić information content (AvgIpc) is 2.54. The number of hydrogen-bond donors (Lipinski definition) is 4. The van der Waals surface area contributed by atoms with Crippen LogP contribution in [0.5, 0.6) is 5.75 Å². The minimum absolute atomic E-state index is 0.00321. The van der Waals surface area contributed by atoms with Crippen molar-refractivity contribution in [2.45, 2.75) is 37.9 Å². The zero-order chi connectivity index (χ0) is 17.9. The first kappa shape index (κ1) is 18.2. The van der Waals surface area contributed by atoms with E-state index >= 15 is 0 Å². The van der Waals surface area contributed by atoms with E-state index in [1.54, 1.807) is 0 Å².